The molecule has 3 N–H and O–H groups in total. The number of rotatable bonds is 6. The van der Waals surface area contributed by atoms with Crippen molar-refractivity contribution < 1.29 is 4.79 Å². The van der Waals surface area contributed by atoms with E-state index in [2.05, 4.69) is 44.2 Å². The average Bonchev–Trinajstić information content (AvgIpc) is 3.25. The van der Waals surface area contributed by atoms with Gasteiger partial charge in [-0.15, -0.1) is 0 Å². The Labute approximate surface area is 205 Å². The zero-order valence-electron chi connectivity index (χ0n) is 19.7. The van der Waals surface area contributed by atoms with Crippen molar-refractivity contribution in [2.75, 3.05) is 67.2 Å². The van der Waals surface area contributed by atoms with Gasteiger partial charge in [-0.05, 0) is 74.8 Å². The molecule has 2 aliphatic rings. The molecule has 0 bridgehead atoms. The van der Waals surface area contributed by atoms with Crippen LogP contribution in [0.4, 0.5) is 28.0 Å². The van der Waals surface area contributed by atoms with E-state index < -0.39 is 0 Å². The zero-order valence-corrected chi connectivity index (χ0v) is 20.5. The molecule has 2 aromatic carbocycles. The number of nitrogen functional groups attached to an aromatic ring is 1. The van der Waals surface area contributed by atoms with Crippen molar-refractivity contribution in [2.45, 2.75) is 19.3 Å². The van der Waals surface area contributed by atoms with Gasteiger partial charge in [0.25, 0.3) is 0 Å². The smallest absolute Gasteiger partial charge is 0.206 e. The molecule has 5 rings (SSSR count). The second kappa shape index (κ2) is 10.0. The third-order valence-electron chi connectivity index (χ3n) is 6.70. The van der Waals surface area contributed by atoms with Crippen molar-refractivity contribution in [3.63, 3.8) is 0 Å². The summed E-state index contributed by atoms with van der Waals surface area (Å²) >= 11 is 1.30. The predicted molar refractivity (Wildman–Crippen MR) is 142 cm³/mol. The molecule has 2 aliphatic heterocycles. The van der Waals surface area contributed by atoms with Crippen LogP contribution in [0.15, 0.2) is 48.5 Å². The minimum absolute atomic E-state index is 0.0846. The second-order valence-corrected chi connectivity index (χ2v) is 10.1. The highest BCUT2D eigenvalue weighted by molar-refractivity contribution is 7.18. The molecule has 2 fully saturated rings. The molecule has 2 saturated heterocycles. The minimum Gasteiger partial charge on any atom is -0.382 e. The molecule has 1 aromatic heterocycles. The highest BCUT2D eigenvalue weighted by Crippen LogP contribution is 2.31. The summed E-state index contributed by atoms with van der Waals surface area (Å²) in [5.74, 6) is 0.185. The van der Waals surface area contributed by atoms with Crippen molar-refractivity contribution in [1.82, 2.24) is 9.88 Å². The first-order valence-electron chi connectivity index (χ1n) is 12.0. The molecule has 0 radical (unpaired) electrons. The Morgan fingerprint density at radius 2 is 1.44 bits per heavy atom. The number of nitrogens with two attached hydrogens (primary N) is 1. The van der Waals surface area contributed by atoms with Crippen LogP contribution in [-0.2, 0) is 0 Å². The summed E-state index contributed by atoms with van der Waals surface area (Å²) in [5, 5.41) is 3.93. The van der Waals surface area contributed by atoms with E-state index in [1.807, 2.05) is 36.4 Å². The lowest BCUT2D eigenvalue weighted by molar-refractivity contribution is 0.104. The molecule has 0 atom stereocenters. The lowest BCUT2D eigenvalue weighted by atomic mass is 10.1. The van der Waals surface area contributed by atoms with Crippen LogP contribution >= 0.6 is 11.3 Å². The van der Waals surface area contributed by atoms with Crippen LogP contribution in [0.25, 0.3) is 0 Å². The molecule has 178 valence electrons. The average molecular weight is 477 g/mol. The summed E-state index contributed by atoms with van der Waals surface area (Å²) in [5.41, 5.74) is 10.1. The first-order chi connectivity index (χ1) is 16.6. The topological polar surface area (TPSA) is 77.7 Å². The highest BCUT2D eigenvalue weighted by Gasteiger charge is 2.19. The van der Waals surface area contributed by atoms with Gasteiger partial charge in [0.05, 0.1) is 0 Å². The molecule has 0 amide bonds. The van der Waals surface area contributed by atoms with Gasteiger partial charge in [-0.3, -0.25) is 4.79 Å². The van der Waals surface area contributed by atoms with Gasteiger partial charge in [-0.2, -0.15) is 0 Å². The number of piperidine rings is 1. The predicted octanol–water partition coefficient (Wildman–Crippen LogP) is 4.44. The SMILES string of the molecule is CN1CCN(c2ccc(Nc3nc(N)c(C(=O)c4ccc(N5CCCCC5)cc4)s3)cc2)CC1. The van der Waals surface area contributed by atoms with E-state index in [0.29, 0.717) is 15.6 Å². The number of nitrogens with one attached hydrogen (secondary N) is 1. The van der Waals surface area contributed by atoms with Crippen LogP contribution in [0.5, 0.6) is 0 Å². The van der Waals surface area contributed by atoms with Crippen molar-refractivity contribution in [2.24, 2.45) is 0 Å². The number of likely N-dealkylation sites (N-methyl/N-ethyl adjacent to an activating group) is 1. The van der Waals surface area contributed by atoms with Crippen LogP contribution in [0.1, 0.15) is 34.5 Å². The Morgan fingerprint density at radius 1 is 0.853 bits per heavy atom. The standard InChI is InChI=1S/C26H32N6OS/c1-30-15-17-32(18-16-30)22-11-7-20(8-12-22)28-26-29-25(27)24(34-26)23(33)19-5-9-21(10-6-19)31-13-3-2-4-14-31/h5-12H,2-4,13-18,27H2,1H3,(H,28,29). The fourth-order valence-corrected chi connectivity index (χ4v) is 5.47. The number of anilines is 5. The maximum atomic E-state index is 13.1. The first kappa shape index (κ1) is 22.7. The normalized spacial score (nSPS) is 17.1. The van der Waals surface area contributed by atoms with Crippen molar-refractivity contribution in [3.05, 3.63) is 59.0 Å². The summed E-state index contributed by atoms with van der Waals surface area (Å²) in [6, 6.07) is 16.2. The number of thiazole rings is 1. The molecule has 0 spiro atoms. The van der Waals surface area contributed by atoms with Crippen LogP contribution in [0.2, 0.25) is 0 Å². The molecule has 3 heterocycles. The van der Waals surface area contributed by atoms with Crippen molar-refractivity contribution in [1.29, 1.82) is 0 Å². The monoisotopic (exact) mass is 476 g/mol. The lowest BCUT2D eigenvalue weighted by Crippen LogP contribution is -2.44. The van der Waals surface area contributed by atoms with Gasteiger partial charge >= 0.3 is 0 Å². The number of aromatic nitrogens is 1. The van der Waals surface area contributed by atoms with Crippen molar-refractivity contribution in [3.8, 4) is 0 Å². The Bertz CT molecular complexity index is 1110. The Kier molecular flexibility index (Phi) is 6.69. The van der Waals surface area contributed by atoms with E-state index in [0.717, 1.165) is 45.0 Å². The van der Waals surface area contributed by atoms with Gasteiger partial charge in [-0.1, -0.05) is 11.3 Å². The van der Waals surface area contributed by atoms with Gasteiger partial charge in [0, 0.05) is 61.9 Å². The zero-order chi connectivity index (χ0) is 23.5. The maximum absolute atomic E-state index is 13.1. The number of piperazine rings is 1. The summed E-state index contributed by atoms with van der Waals surface area (Å²) in [7, 11) is 2.16. The van der Waals surface area contributed by atoms with E-state index in [1.54, 1.807) is 0 Å². The second-order valence-electron chi connectivity index (χ2n) is 9.12. The van der Waals surface area contributed by atoms with Crippen LogP contribution in [-0.4, -0.2) is 62.0 Å². The number of carbonyl (C=O) groups excluding carboxylic acids is 1. The summed E-state index contributed by atoms with van der Waals surface area (Å²) in [6.45, 7) is 6.40. The molecule has 8 heteroatoms. The lowest BCUT2D eigenvalue weighted by Gasteiger charge is -2.34. The maximum Gasteiger partial charge on any atom is 0.206 e. The number of hydrogen-bond donors (Lipinski definition) is 2. The van der Waals surface area contributed by atoms with E-state index in [1.165, 1.54) is 42.0 Å². The van der Waals surface area contributed by atoms with Crippen LogP contribution in [0.3, 0.4) is 0 Å². The Morgan fingerprint density at radius 3 is 2.09 bits per heavy atom. The van der Waals surface area contributed by atoms with Crippen LogP contribution in [0, 0.1) is 0 Å². The molecule has 7 nitrogen and oxygen atoms in total. The minimum atomic E-state index is -0.0846. The molecule has 34 heavy (non-hydrogen) atoms. The summed E-state index contributed by atoms with van der Waals surface area (Å²) in [4.78, 5) is 25.1. The molecule has 0 unspecified atom stereocenters. The third kappa shape index (κ3) is 5.03. The first-order valence-corrected chi connectivity index (χ1v) is 12.8. The van der Waals surface area contributed by atoms with Crippen molar-refractivity contribution >= 4 is 45.1 Å². The fourth-order valence-electron chi connectivity index (χ4n) is 4.60. The van der Waals surface area contributed by atoms with Gasteiger partial charge in [0.1, 0.15) is 10.7 Å². The van der Waals surface area contributed by atoms with Crippen LogP contribution < -0.4 is 20.9 Å². The number of benzene rings is 2. The molecular weight excluding hydrogens is 444 g/mol. The molecule has 0 saturated carbocycles. The molecule has 3 aromatic rings. The largest absolute Gasteiger partial charge is 0.382 e. The third-order valence-corrected chi connectivity index (χ3v) is 7.68. The van der Waals surface area contributed by atoms with Gasteiger partial charge in [-0.25, -0.2) is 4.98 Å². The Hall–Kier alpha value is -3.10. The van der Waals surface area contributed by atoms with E-state index in [-0.39, 0.29) is 11.6 Å². The number of carbonyl (C=O) groups is 1. The van der Waals surface area contributed by atoms with Gasteiger partial charge in [0.2, 0.25) is 5.78 Å². The number of ketones is 1. The molecular formula is C26H32N6OS. The van der Waals surface area contributed by atoms with Gasteiger partial charge < -0.3 is 25.8 Å². The fraction of sp³-hybridized carbons (Fsp3) is 0.385. The quantitative estimate of drug-likeness (QED) is 0.509. The highest BCUT2D eigenvalue weighted by atomic mass is 32.1. The summed E-state index contributed by atoms with van der Waals surface area (Å²) < 4.78 is 0. The van der Waals surface area contributed by atoms with E-state index in [4.69, 9.17) is 5.73 Å². The van der Waals surface area contributed by atoms with E-state index in [9.17, 15) is 4.79 Å². The summed E-state index contributed by atoms with van der Waals surface area (Å²) in [6.07, 6.45) is 3.76. The number of hydrogen-bond acceptors (Lipinski definition) is 8. The number of nitrogens with zero attached hydrogens (tertiary/aromatic N) is 4. The van der Waals surface area contributed by atoms with E-state index >= 15 is 0 Å². The van der Waals surface area contributed by atoms with Gasteiger partial charge in [0.15, 0.2) is 5.13 Å². The Balaban J connectivity index is 1.24. The molecule has 0 aliphatic carbocycles.